The highest BCUT2D eigenvalue weighted by Crippen LogP contribution is 2.31. The molecule has 13 heteroatoms. The van der Waals surface area contributed by atoms with Crippen LogP contribution in [-0.4, -0.2) is 86.2 Å². The normalized spacial score (nSPS) is 32.2. The molecular formula is C25H38ClN3O8S. The predicted octanol–water partition coefficient (Wildman–Crippen LogP) is 1.49. The van der Waals surface area contributed by atoms with Crippen LogP contribution >= 0.6 is 23.4 Å². The number of rotatable bonds is 10. The van der Waals surface area contributed by atoms with Crippen LogP contribution in [0.2, 0.25) is 0 Å². The van der Waals surface area contributed by atoms with E-state index in [-0.39, 0.29) is 12.5 Å². The Balaban J connectivity index is 1.81. The quantitative estimate of drug-likeness (QED) is 0.235. The number of hydrogen-bond donors (Lipinski definition) is 4. The first-order chi connectivity index (χ1) is 18.1. The minimum Gasteiger partial charge on any atom is -0.396 e. The molecule has 2 aliphatic heterocycles. The van der Waals surface area contributed by atoms with Gasteiger partial charge in [-0.05, 0) is 64.7 Å². The van der Waals surface area contributed by atoms with E-state index >= 15 is 0 Å². The van der Waals surface area contributed by atoms with Gasteiger partial charge in [0, 0.05) is 6.42 Å². The SMILES string of the molecule is CS[C@H]1O[C@H]([C@H](NC(=O)C2CC[C@H](CCCC#N)CCN2Cc2oc(=O)oc2C)[C@H](C)Cl)[C@H](O)[C@H](O)[C@H]1O. The van der Waals surface area contributed by atoms with Crippen molar-refractivity contribution < 1.29 is 33.7 Å². The van der Waals surface area contributed by atoms with Crippen molar-refractivity contribution in [2.45, 2.75) is 106 Å². The average Bonchev–Trinajstić information content (AvgIpc) is 3.06. The smallest absolute Gasteiger partial charge is 0.396 e. The number of halogens is 1. The van der Waals surface area contributed by atoms with Crippen LogP contribution in [0.25, 0.3) is 0 Å². The molecule has 2 fully saturated rings. The molecule has 9 atom stereocenters. The molecule has 3 rings (SSSR count). The van der Waals surface area contributed by atoms with Gasteiger partial charge in [-0.1, -0.05) is 0 Å². The number of aryl methyl sites for hydroxylation is 1. The summed E-state index contributed by atoms with van der Waals surface area (Å²) in [6.07, 6.45) is 0.727. The minimum atomic E-state index is -1.46. The van der Waals surface area contributed by atoms with Crippen LogP contribution in [0, 0.1) is 24.2 Å². The van der Waals surface area contributed by atoms with Gasteiger partial charge in [0.1, 0.15) is 35.6 Å². The summed E-state index contributed by atoms with van der Waals surface area (Å²) in [5.74, 6) is -0.0899. The molecule has 0 bridgehead atoms. The van der Waals surface area contributed by atoms with E-state index in [0.29, 0.717) is 36.8 Å². The lowest BCUT2D eigenvalue weighted by Crippen LogP contribution is -2.65. The van der Waals surface area contributed by atoms with Crippen LogP contribution < -0.4 is 11.1 Å². The Labute approximate surface area is 231 Å². The van der Waals surface area contributed by atoms with Crippen LogP contribution in [0.15, 0.2) is 13.6 Å². The highest BCUT2D eigenvalue weighted by Gasteiger charge is 2.48. The molecule has 2 saturated heterocycles. The molecule has 1 unspecified atom stereocenters. The van der Waals surface area contributed by atoms with E-state index in [1.165, 1.54) is 11.8 Å². The first-order valence-corrected chi connectivity index (χ1v) is 14.7. The lowest BCUT2D eigenvalue weighted by Gasteiger charge is -2.44. The standard InChI is InChI=1S/C25H38ClN3O8S/c1-13(26)18(22-20(31)19(30)21(32)24(37-22)38-3)28-23(33)16-8-7-15(6-4-5-10-27)9-11-29(16)12-17-14(2)35-25(34)36-17/h13,15-16,18-22,24,30-32H,4-9,11-12H2,1-3H3,(H,28,33)/t13-,15-,16?,18+,19-,20+,21+,22+,24+/m0/s1. The summed E-state index contributed by atoms with van der Waals surface area (Å²) in [5.41, 5.74) is -0.802. The number of aliphatic hydroxyl groups is 3. The van der Waals surface area contributed by atoms with Crippen molar-refractivity contribution in [2.24, 2.45) is 5.92 Å². The Kier molecular flexibility index (Phi) is 11.5. The van der Waals surface area contributed by atoms with Crippen molar-refractivity contribution in [1.29, 1.82) is 5.26 Å². The second-order valence-electron chi connectivity index (χ2n) is 10.1. The molecule has 1 aromatic rings. The summed E-state index contributed by atoms with van der Waals surface area (Å²) < 4.78 is 16.1. The maximum absolute atomic E-state index is 13.7. The molecule has 0 saturated carbocycles. The van der Waals surface area contributed by atoms with Gasteiger partial charge in [0.2, 0.25) is 5.91 Å². The molecule has 1 amide bonds. The van der Waals surface area contributed by atoms with Gasteiger partial charge in [-0.2, -0.15) is 5.26 Å². The van der Waals surface area contributed by atoms with Gasteiger partial charge in [-0.3, -0.25) is 9.69 Å². The van der Waals surface area contributed by atoms with Crippen molar-refractivity contribution in [3.8, 4) is 6.07 Å². The molecule has 1 aromatic heterocycles. The van der Waals surface area contributed by atoms with Crippen LogP contribution in [-0.2, 0) is 16.1 Å². The zero-order valence-electron chi connectivity index (χ0n) is 21.9. The number of carbonyl (C=O) groups excluding carboxylic acids is 1. The maximum Gasteiger partial charge on any atom is 0.519 e. The number of nitrogens with one attached hydrogen (secondary N) is 1. The third kappa shape index (κ3) is 7.53. The Morgan fingerprint density at radius 1 is 1.24 bits per heavy atom. The van der Waals surface area contributed by atoms with Crippen LogP contribution in [0.1, 0.15) is 57.0 Å². The predicted molar refractivity (Wildman–Crippen MR) is 140 cm³/mol. The fourth-order valence-electron chi connectivity index (χ4n) is 5.26. The third-order valence-electron chi connectivity index (χ3n) is 7.50. The summed E-state index contributed by atoms with van der Waals surface area (Å²) in [5, 5.41) is 42.5. The molecular weight excluding hydrogens is 538 g/mol. The number of aliphatic hydroxyl groups excluding tert-OH is 3. The lowest BCUT2D eigenvalue weighted by molar-refractivity contribution is -0.205. The first-order valence-electron chi connectivity index (χ1n) is 12.9. The van der Waals surface area contributed by atoms with Crippen molar-refractivity contribution >= 4 is 29.3 Å². The lowest BCUT2D eigenvalue weighted by atomic mass is 9.92. The summed E-state index contributed by atoms with van der Waals surface area (Å²) in [6.45, 7) is 4.05. The number of likely N-dealkylation sites (tertiary alicyclic amines) is 1. The number of hydrogen-bond acceptors (Lipinski definition) is 11. The van der Waals surface area contributed by atoms with E-state index < -0.39 is 53.1 Å². The van der Waals surface area contributed by atoms with Gasteiger partial charge in [0.15, 0.2) is 5.76 Å². The molecule has 0 aromatic carbocycles. The number of thioether (sulfide) groups is 1. The van der Waals surface area contributed by atoms with E-state index in [1.807, 2.05) is 4.90 Å². The molecule has 0 radical (unpaired) electrons. The monoisotopic (exact) mass is 575 g/mol. The fourth-order valence-corrected chi connectivity index (χ4v) is 6.14. The molecule has 38 heavy (non-hydrogen) atoms. The van der Waals surface area contributed by atoms with Crippen molar-refractivity contribution in [3.63, 3.8) is 0 Å². The number of ether oxygens (including phenoxy) is 1. The third-order valence-corrected chi connectivity index (χ3v) is 8.62. The van der Waals surface area contributed by atoms with Gasteiger partial charge >= 0.3 is 5.82 Å². The second-order valence-corrected chi connectivity index (χ2v) is 11.7. The van der Waals surface area contributed by atoms with Crippen LogP contribution in [0.4, 0.5) is 0 Å². The summed E-state index contributed by atoms with van der Waals surface area (Å²) >= 11 is 7.64. The maximum atomic E-state index is 13.7. The molecule has 0 aliphatic carbocycles. The topological polar surface area (TPSA) is 169 Å². The molecule has 2 aliphatic rings. The zero-order chi connectivity index (χ0) is 28.0. The van der Waals surface area contributed by atoms with E-state index in [4.69, 9.17) is 30.4 Å². The fraction of sp³-hybridized carbons (Fsp3) is 0.800. The zero-order valence-corrected chi connectivity index (χ0v) is 23.5. The highest BCUT2D eigenvalue weighted by atomic mass is 35.5. The molecule has 11 nitrogen and oxygen atoms in total. The van der Waals surface area contributed by atoms with Crippen molar-refractivity contribution in [1.82, 2.24) is 10.2 Å². The summed E-state index contributed by atoms with van der Waals surface area (Å²) in [6, 6.07) is 0.717. The first kappa shape index (κ1) is 30.9. The van der Waals surface area contributed by atoms with E-state index in [9.17, 15) is 24.9 Å². The summed E-state index contributed by atoms with van der Waals surface area (Å²) in [4.78, 5) is 27.3. The van der Waals surface area contributed by atoms with Crippen LogP contribution in [0.5, 0.6) is 0 Å². The van der Waals surface area contributed by atoms with Gasteiger partial charge in [0.05, 0.1) is 30.1 Å². The van der Waals surface area contributed by atoms with Crippen molar-refractivity contribution in [3.05, 3.63) is 22.1 Å². The molecule has 4 N–H and O–H groups in total. The highest BCUT2D eigenvalue weighted by molar-refractivity contribution is 7.99. The average molecular weight is 576 g/mol. The Morgan fingerprint density at radius 2 is 1.97 bits per heavy atom. The number of alkyl halides is 1. The number of unbranched alkanes of at least 4 members (excludes halogenated alkanes) is 1. The number of nitrogens with zero attached hydrogens (tertiary/aromatic N) is 2. The Morgan fingerprint density at radius 3 is 2.58 bits per heavy atom. The van der Waals surface area contributed by atoms with Gasteiger partial charge in [0.25, 0.3) is 0 Å². The summed E-state index contributed by atoms with van der Waals surface area (Å²) in [7, 11) is 0. The Bertz CT molecular complexity index is 1010. The Hall–Kier alpha value is -1.59. The van der Waals surface area contributed by atoms with E-state index in [1.54, 1.807) is 20.1 Å². The number of amides is 1. The number of carbonyl (C=O) groups is 1. The second kappa shape index (κ2) is 14.2. The van der Waals surface area contributed by atoms with Crippen LogP contribution in [0.3, 0.4) is 0 Å². The van der Waals surface area contributed by atoms with Gasteiger partial charge in [-0.15, -0.1) is 23.4 Å². The van der Waals surface area contributed by atoms with E-state index in [0.717, 1.165) is 25.7 Å². The largest absolute Gasteiger partial charge is 0.519 e. The number of nitriles is 1. The molecule has 3 heterocycles. The molecule has 0 spiro atoms. The van der Waals surface area contributed by atoms with Gasteiger partial charge < -0.3 is 34.2 Å². The van der Waals surface area contributed by atoms with E-state index in [2.05, 4.69) is 11.4 Å². The van der Waals surface area contributed by atoms with Gasteiger partial charge in [-0.25, -0.2) is 4.79 Å². The minimum absolute atomic E-state index is 0.198. The molecule has 214 valence electrons. The van der Waals surface area contributed by atoms with Crippen molar-refractivity contribution in [2.75, 3.05) is 12.8 Å².